The van der Waals surface area contributed by atoms with Crippen LogP contribution in [-0.4, -0.2) is 51.9 Å². The highest BCUT2D eigenvalue weighted by Crippen LogP contribution is 2.55. The summed E-state index contributed by atoms with van der Waals surface area (Å²) in [6.45, 7) is 1.44. The summed E-state index contributed by atoms with van der Waals surface area (Å²) in [6, 6.07) is 11.2. The third-order valence-corrected chi connectivity index (χ3v) is 6.18. The number of likely N-dealkylation sites (N-methyl/N-ethyl adjacent to an activating group) is 1. The van der Waals surface area contributed by atoms with Crippen molar-refractivity contribution in [3.8, 4) is 6.07 Å². The Bertz CT molecular complexity index is 1090. The van der Waals surface area contributed by atoms with Crippen LogP contribution in [0.4, 0.5) is 5.82 Å². The quantitative estimate of drug-likeness (QED) is 0.763. The van der Waals surface area contributed by atoms with Crippen LogP contribution in [0.3, 0.4) is 0 Å². The first-order valence-electron chi connectivity index (χ1n) is 9.42. The molecule has 1 spiro atoms. The monoisotopic (exact) mass is 372 g/mol. The van der Waals surface area contributed by atoms with Crippen molar-refractivity contribution in [3.63, 3.8) is 0 Å². The lowest BCUT2D eigenvalue weighted by Crippen LogP contribution is -2.40. The molecule has 3 aromatic rings. The van der Waals surface area contributed by atoms with Crippen molar-refractivity contribution in [1.82, 2.24) is 19.9 Å². The summed E-state index contributed by atoms with van der Waals surface area (Å²) < 4.78 is 0. The highest BCUT2D eigenvalue weighted by Gasteiger charge is 2.57. The number of anilines is 1. The molecule has 2 aromatic heterocycles. The maximum absolute atomic E-state index is 13.0. The molecule has 1 N–H and O–H groups in total. The lowest BCUT2D eigenvalue weighted by atomic mass is 9.99. The standard InChI is InChI=1S/C21H20N6O/c1-26(19-16-6-9-23-18(16)24-13-25-19)17-11-27(12-21(17)7-8-21)20(28)15-4-2-14(10-22)3-5-15/h2-6,9,13,17H,7-8,11-12H2,1H3,(H,23,24,25)/t17-/m0/s1. The molecule has 0 bridgehead atoms. The first kappa shape index (κ1) is 16.8. The van der Waals surface area contributed by atoms with E-state index in [-0.39, 0.29) is 17.4 Å². The van der Waals surface area contributed by atoms with E-state index in [4.69, 9.17) is 5.26 Å². The van der Waals surface area contributed by atoms with Crippen LogP contribution in [0.25, 0.3) is 11.0 Å². The molecule has 2 aliphatic rings. The summed E-state index contributed by atoms with van der Waals surface area (Å²) in [5.41, 5.74) is 2.16. The molecule has 7 nitrogen and oxygen atoms in total. The smallest absolute Gasteiger partial charge is 0.253 e. The Morgan fingerprint density at radius 2 is 2.07 bits per heavy atom. The van der Waals surface area contributed by atoms with E-state index in [9.17, 15) is 4.79 Å². The van der Waals surface area contributed by atoms with Gasteiger partial charge in [-0.2, -0.15) is 5.26 Å². The lowest BCUT2D eigenvalue weighted by Gasteiger charge is -2.30. The number of hydrogen-bond acceptors (Lipinski definition) is 5. The molecule has 3 heterocycles. The second-order valence-electron chi connectivity index (χ2n) is 7.80. The zero-order valence-electron chi connectivity index (χ0n) is 15.6. The van der Waals surface area contributed by atoms with Gasteiger partial charge in [0.1, 0.15) is 17.8 Å². The Labute approximate surface area is 162 Å². The minimum atomic E-state index is 0.0288. The lowest BCUT2D eigenvalue weighted by molar-refractivity contribution is 0.0784. The fraction of sp³-hybridized carbons (Fsp3) is 0.333. The Morgan fingerprint density at radius 3 is 2.79 bits per heavy atom. The number of benzene rings is 1. The maximum atomic E-state index is 13.0. The van der Waals surface area contributed by atoms with E-state index in [1.165, 1.54) is 0 Å². The van der Waals surface area contributed by atoms with Gasteiger partial charge in [0.05, 0.1) is 23.1 Å². The number of carbonyl (C=O) groups excluding carboxylic acids is 1. The Balaban J connectivity index is 1.41. The summed E-state index contributed by atoms with van der Waals surface area (Å²) in [5, 5.41) is 9.95. The molecule has 0 unspecified atom stereocenters. The van der Waals surface area contributed by atoms with Gasteiger partial charge in [0, 0.05) is 37.3 Å². The number of hydrogen-bond donors (Lipinski definition) is 1. The Kier molecular flexibility index (Phi) is 3.63. The van der Waals surface area contributed by atoms with E-state index in [0.717, 1.165) is 36.2 Å². The predicted octanol–water partition coefficient (Wildman–Crippen LogP) is 2.57. The van der Waals surface area contributed by atoms with E-state index in [0.29, 0.717) is 17.7 Å². The van der Waals surface area contributed by atoms with Crippen molar-refractivity contribution in [3.05, 3.63) is 54.0 Å². The van der Waals surface area contributed by atoms with Crippen LogP contribution < -0.4 is 4.90 Å². The number of nitriles is 1. The fourth-order valence-corrected chi connectivity index (χ4v) is 4.45. The second kappa shape index (κ2) is 6.06. The normalized spacial score (nSPS) is 19.7. The van der Waals surface area contributed by atoms with E-state index >= 15 is 0 Å². The Morgan fingerprint density at radius 1 is 1.29 bits per heavy atom. The zero-order chi connectivity index (χ0) is 19.3. The van der Waals surface area contributed by atoms with Crippen molar-refractivity contribution >= 4 is 22.8 Å². The number of aromatic amines is 1. The average molecular weight is 372 g/mol. The molecule has 0 radical (unpaired) electrons. The molecule has 1 amide bonds. The molecule has 2 fully saturated rings. The number of amides is 1. The van der Waals surface area contributed by atoms with Crippen LogP contribution in [0, 0.1) is 16.7 Å². The van der Waals surface area contributed by atoms with Gasteiger partial charge in [-0.05, 0) is 43.2 Å². The average Bonchev–Trinajstić information content (AvgIpc) is 3.16. The Hall–Kier alpha value is -3.40. The van der Waals surface area contributed by atoms with Gasteiger partial charge >= 0.3 is 0 Å². The molecule has 140 valence electrons. The third-order valence-electron chi connectivity index (χ3n) is 6.18. The van der Waals surface area contributed by atoms with Gasteiger partial charge in [-0.3, -0.25) is 4.79 Å². The topological polar surface area (TPSA) is 88.9 Å². The first-order chi connectivity index (χ1) is 13.6. The number of aromatic nitrogens is 3. The summed E-state index contributed by atoms with van der Waals surface area (Å²) in [5.74, 6) is 0.927. The number of likely N-dealkylation sites (tertiary alicyclic amines) is 1. The van der Waals surface area contributed by atoms with Gasteiger partial charge in [0.15, 0.2) is 0 Å². The number of nitrogens with zero attached hydrogens (tertiary/aromatic N) is 5. The number of nitrogens with one attached hydrogen (secondary N) is 1. The molecule has 1 aliphatic carbocycles. The van der Waals surface area contributed by atoms with E-state index in [1.807, 2.05) is 17.2 Å². The van der Waals surface area contributed by atoms with Gasteiger partial charge in [0.2, 0.25) is 0 Å². The predicted molar refractivity (Wildman–Crippen MR) is 105 cm³/mol. The largest absolute Gasteiger partial charge is 0.354 e. The van der Waals surface area contributed by atoms with Gasteiger partial charge in [-0.1, -0.05) is 0 Å². The molecule has 28 heavy (non-hydrogen) atoms. The van der Waals surface area contributed by atoms with E-state index in [1.54, 1.807) is 30.6 Å². The molecule has 7 heteroatoms. The summed E-state index contributed by atoms with van der Waals surface area (Å²) >= 11 is 0. The SMILES string of the molecule is CN(c1ncnc2[nH]ccc12)[C@H]1CN(C(=O)c2ccc(C#N)cc2)CC12CC2. The van der Waals surface area contributed by atoms with Crippen molar-refractivity contribution in [2.75, 3.05) is 25.0 Å². The molecule has 1 saturated carbocycles. The van der Waals surface area contributed by atoms with Crippen LogP contribution in [0.15, 0.2) is 42.9 Å². The molecule has 1 saturated heterocycles. The van der Waals surface area contributed by atoms with Gasteiger partial charge in [0.25, 0.3) is 5.91 Å². The van der Waals surface area contributed by atoms with Gasteiger partial charge in [-0.25, -0.2) is 9.97 Å². The highest BCUT2D eigenvalue weighted by molar-refractivity contribution is 5.95. The minimum Gasteiger partial charge on any atom is -0.354 e. The fourth-order valence-electron chi connectivity index (χ4n) is 4.45. The first-order valence-corrected chi connectivity index (χ1v) is 9.42. The second-order valence-corrected chi connectivity index (χ2v) is 7.80. The summed E-state index contributed by atoms with van der Waals surface area (Å²) in [4.78, 5) is 29.1. The maximum Gasteiger partial charge on any atom is 0.253 e. The van der Waals surface area contributed by atoms with Crippen LogP contribution >= 0.6 is 0 Å². The van der Waals surface area contributed by atoms with E-state index < -0.39 is 0 Å². The van der Waals surface area contributed by atoms with Crippen molar-refractivity contribution in [2.45, 2.75) is 18.9 Å². The third kappa shape index (κ3) is 2.53. The van der Waals surface area contributed by atoms with Gasteiger partial charge in [-0.15, -0.1) is 0 Å². The number of H-pyrrole nitrogens is 1. The van der Waals surface area contributed by atoms with Crippen molar-refractivity contribution < 1.29 is 4.79 Å². The number of fused-ring (bicyclic) bond motifs is 1. The van der Waals surface area contributed by atoms with Crippen LogP contribution in [0.5, 0.6) is 0 Å². The molecule has 1 atom stereocenters. The molecule has 1 aliphatic heterocycles. The van der Waals surface area contributed by atoms with Crippen LogP contribution in [0.2, 0.25) is 0 Å². The number of rotatable bonds is 3. The van der Waals surface area contributed by atoms with Crippen molar-refractivity contribution in [2.24, 2.45) is 5.41 Å². The van der Waals surface area contributed by atoms with E-state index in [2.05, 4.69) is 33.0 Å². The summed E-state index contributed by atoms with van der Waals surface area (Å²) in [6.07, 6.45) is 5.71. The van der Waals surface area contributed by atoms with Crippen LogP contribution in [0.1, 0.15) is 28.8 Å². The molecule has 5 rings (SSSR count). The number of carbonyl (C=O) groups is 1. The molecular weight excluding hydrogens is 352 g/mol. The van der Waals surface area contributed by atoms with Crippen LogP contribution in [-0.2, 0) is 0 Å². The van der Waals surface area contributed by atoms with Crippen molar-refractivity contribution in [1.29, 1.82) is 5.26 Å². The zero-order valence-corrected chi connectivity index (χ0v) is 15.6. The molecule has 1 aromatic carbocycles. The molecular formula is C21H20N6O. The van der Waals surface area contributed by atoms with Gasteiger partial charge < -0.3 is 14.8 Å². The summed E-state index contributed by atoms with van der Waals surface area (Å²) in [7, 11) is 2.06. The minimum absolute atomic E-state index is 0.0288. The highest BCUT2D eigenvalue weighted by atomic mass is 16.2.